The van der Waals surface area contributed by atoms with Crippen LogP contribution in [0.25, 0.3) is 0 Å². The Kier molecular flexibility index (Phi) is 6.39. The second-order valence-electron chi connectivity index (χ2n) is 4.49. The zero-order valence-corrected chi connectivity index (χ0v) is 12.4. The maximum absolute atomic E-state index is 5.93. The van der Waals surface area contributed by atoms with E-state index in [0.29, 0.717) is 10.0 Å². The highest BCUT2D eigenvalue weighted by Crippen LogP contribution is 2.20. The Labute approximate surface area is 119 Å². The highest BCUT2D eigenvalue weighted by molar-refractivity contribution is 7.80. The highest BCUT2D eigenvalue weighted by Gasteiger charge is 2.05. The number of halogens is 1. The first-order chi connectivity index (χ1) is 8.50. The molecule has 3 N–H and O–H groups in total. The number of nitrogens with zero attached hydrogens (tertiary/aromatic N) is 1. The van der Waals surface area contributed by atoms with Gasteiger partial charge in [-0.15, -0.1) is 0 Å². The summed E-state index contributed by atoms with van der Waals surface area (Å²) in [5.41, 5.74) is 7.45. The van der Waals surface area contributed by atoms with E-state index in [1.54, 1.807) is 6.07 Å². The van der Waals surface area contributed by atoms with Crippen molar-refractivity contribution in [1.29, 1.82) is 0 Å². The number of nitrogens with one attached hydrogen (secondary N) is 1. The zero-order chi connectivity index (χ0) is 13.5. The van der Waals surface area contributed by atoms with Gasteiger partial charge in [-0.25, -0.2) is 0 Å². The van der Waals surface area contributed by atoms with Crippen LogP contribution in [-0.4, -0.2) is 37.1 Å². The third kappa shape index (κ3) is 5.21. The van der Waals surface area contributed by atoms with Gasteiger partial charge in [-0.05, 0) is 51.7 Å². The van der Waals surface area contributed by atoms with E-state index in [0.717, 1.165) is 37.2 Å². The van der Waals surface area contributed by atoms with Crippen LogP contribution in [0.4, 0.5) is 5.69 Å². The minimum atomic E-state index is 0.369. The molecule has 18 heavy (non-hydrogen) atoms. The van der Waals surface area contributed by atoms with Gasteiger partial charge in [0, 0.05) is 22.8 Å². The molecule has 0 amide bonds. The summed E-state index contributed by atoms with van der Waals surface area (Å²) in [6, 6.07) is 5.56. The quantitative estimate of drug-likeness (QED) is 0.597. The predicted octanol–water partition coefficient (Wildman–Crippen LogP) is 2.73. The van der Waals surface area contributed by atoms with Gasteiger partial charge in [0.2, 0.25) is 0 Å². The molecule has 0 aliphatic carbocycles. The SMILES string of the molecule is CN(C)CCCCNc1ccc(Cl)cc1C(N)=S. The van der Waals surface area contributed by atoms with Crippen molar-refractivity contribution in [2.45, 2.75) is 12.8 Å². The van der Waals surface area contributed by atoms with Crippen LogP contribution in [0.3, 0.4) is 0 Å². The smallest absolute Gasteiger partial charge is 0.106 e. The Bertz CT molecular complexity index is 407. The molecule has 1 rings (SSSR count). The van der Waals surface area contributed by atoms with E-state index in [-0.39, 0.29) is 0 Å². The lowest BCUT2D eigenvalue weighted by molar-refractivity contribution is 0.396. The summed E-state index contributed by atoms with van der Waals surface area (Å²) in [5, 5.41) is 4.00. The first kappa shape index (κ1) is 15.2. The molecule has 3 nitrogen and oxygen atoms in total. The third-order valence-electron chi connectivity index (χ3n) is 2.59. The topological polar surface area (TPSA) is 41.3 Å². The standard InChI is InChI=1S/C13H20ClN3S/c1-17(2)8-4-3-7-16-12-6-5-10(14)9-11(12)13(15)18/h5-6,9,16H,3-4,7-8H2,1-2H3,(H2,15,18). The molecular formula is C13H20ClN3S. The Hall–Kier alpha value is -0.840. The molecule has 0 aromatic heterocycles. The summed E-state index contributed by atoms with van der Waals surface area (Å²) in [6.07, 6.45) is 2.27. The van der Waals surface area contributed by atoms with Crippen molar-refractivity contribution in [2.24, 2.45) is 5.73 Å². The number of hydrogen-bond donors (Lipinski definition) is 2. The van der Waals surface area contributed by atoms with Gasteiger partial charge in [0.05, 0.1) is 0 Å². The lowest BCUT2D eigenvalue weighted by Gasteiger charge is -2.13. The van der Waals surface area contributed by atoms with E-state index in [4.69, 9.17) is 29.6 Å². The molecule has 0 spiro atoms. The van der Waals surface area contributed by atoms with Gasteiger partial charge in [0.25, 0.3) is 0 Å². The summed E-state index contributed by atoms with van der Waals surface area (Å²) in [5.74, 6) is 0. The number of hydrogen-bond acceptors (Lipinski definition) is 3. The summed E-state index contributed by atoms with van der Waals surface area (Å²) in [7, 11) is 4.16. The van der Waals surface area contributed by atoms with Crippen molar-refractivity contribution < 1.29 is 0 Å². The molecule has 5 heteroatoms. The first-order valence-electron chi connectivity index (χ1n) is 5.98. The highest BCUT2D eigenvalue weighted by atomic mass is 35.5. The Morgan fingerprint density at radius 2 is 2.11 bits per heavy atom. The van der Waals surface area contributed by atoms with Gasteiger partial charge >= 0.3 is 0 Å². The monoisotopic (exact) mass is 285 g/mol. The van der Waals surface area contributed by atoms with Gasteiger partial charge in [-0.1, -0.05) is 23.8 Å². The van der Waals surface area contributed by atoms with Gasteiger partial charge in [0.1, 0.15) is 4.99 Å². The molecule has 0 fully saturated rings. The molecule has 0 bridgehead atoms. The molecule has 1 aromatic carbocycles. The molecule has 0 aliphatic rings. The largest absolute Gasteiger partial charge is 0.389 e. The summed E-state index contributed by atoms with van der Waals surface area (Å²) in [4.78, 5) is 2.55. The second-order valence-corrected chi connectivity index (χ2v) is 5.37. The minimum absolute atomic E-state index is 0.369. The molecule has 0 aliphatic heterocycles. The number of rotatable bonds is 7. The molecule has 0 atom stereocenters. The van der Waals surface area contributed by atoms with Crippen LogP contribution in [0, 0.1) is 0 Å². The van der Waals surface area contributed by atoms with Crippen LogP contribution < -0.4 is 11.1 Å². The molecule has 1 aromatic rings. The van der Waals surface area contributed by atoms with Gasteiger partial charge in [-0.2, -0.15) is 0 Å². The zero-order valence-electron chi connectivity index (χ0n) is 10.9. The summed E-state index contributed by atoms with van der Waals surface area (Å²) >= 11 is 10.9. The first-order valence-corrected chi connectivity index (χ1v) is 6.77. The number of anilines is 1. The second kappa shape index (κ2) is 7.56. The van der Waals surface area contributed by atoms with E-state index < -0.39 is 0 Å². The summed E-state index contributed by atoms with van der Waals surface area (Å²) < 4.78 is 0. The minimum Gasteiger partial charge on any atom is -0.389 e. The molecule has 0 saturated carbocycles. The van der Waals surface area contributed by atoms with E-state index in [2.05, 4.69) is 24.3 Å². The van der Waals surface area contributed by atoms with Gasteiger partial charge in [0.15, 0.2) is 0 Å². The molecule has 0 unspecified atom stereocenters. The fraction of sp³-hybridized carbons (Fsp3) is 0.462. The van der Waals surface area contributed by atoms with Crippen molar-refractivity contribution in [3.05, 3.63) is 28.8 Å². The maximum Gasteiger partial charge on any atom is 0.106 e. The lowest BCUT2D eigenvalue weighted by Crippen LogP contribution is -2.16. The van der Waals surface area contributed by atoms with Crippen LogP contribution in [0.1, 0.15) is 18.4 Å². The predicted molar refractivity (Wildman–Crippen MR) is 83.6 cm³/mol. The Balaban J connectivity index is 2.49. The van der Waals surface area contributed by atoms with Crippen LogP contribution in [0.5, 0.6) is 0 Å². The fourth-order valence-corrected chi connectivity index (χ4v) is 1.99. The number of unbranched alkanes of at least 4 members (excludes halogenated alkanes) is 1. The average molecular weight is 286 g/mol. The van der Waals surface area contributed by atoms with Crippen molar-refractivity contribution in [1.82, 2.24) is 4.90 Å². The van der Waals surface area contributed by atoms with Crippen LogP contribution in [-0.2, 0) is 0 Å². The average Bonchev–Trinajstić information content (AvgIpc) is 2.29. The Morgan fingerprint density at radius 3 is 2.72 bits per heavy atom. The molecule has 100 valence electrons. The molecular weight excluding hydrogens is 266 g/mol. The third-order valence-corrected chi connectivity index (χ3v) is 3.05. The van der Waals surface area contributed by atoms with Crippen molar-refractivity contribution in [3.8, 4) is 0 Å². The van der Waals surface area contributed by atoms with Crippen molar-refractivity contribution >= 4 is 34.5 Å². The van der Waals surface area contributed by atoms with E-state index >= 15 is 0 Å². The van der Waals surface area contributed by atoms with Crippen LogP contribution >= 0.6 is 23.8 Å². The van der Waals surface area contributed by atoms with Crippen LogP contribution in [0.15, 0.2) is 18.2 Å². The van der Waals surface area contributed by atoms with E-state index in [1.165, 1.54) is 0 Å². The van der Waals surface area contributed by atoms with E-state index in [1.807, 2.05) is 12.1 Å². The molecule has 0 heterocycles. The van der Waals surface area contributed by atoms with Gasteiger partial charge in [-0.3, -0.25) is 0 Å². The number of nitrogens with two attached hydrogens (primary N) is 1. The fourth-order valence-electron chi connectivity index (χ4n) is 1.65. The molecule has 0 saturated heterocycles. The summed E-state index contributed by atoms with van der Waals surface area (Å²) in [6.45, 7) is 2.01. The van der Waals surface area contributed by atoms with E-state index in [9.17, 15) is 0 Å². The maximum atomic E-state index is 5.93. The Morgan fingerprint density at radius 1 is 1.39 bits per heavy atom. The van der Waals surface area contributed by atoms with Gasteiger partial charge < -0.3 is 16.0 Å². The number of benzene rings is 1. The molecule has 0 radical (unpaired) electrons. The van der Waals surface area contributed by atoms with Crippen molar-refractivity contribution in [2.75, 3.05) is 32.5 Å². The van der Waals surface area contributed by atoms with Crippen molar-refractivity contribution in [3.63, 3.8) is 0 Å². The number of thiocarbonyl (C=S) groups is 1. The lowest BCUT2D eigenvalue weighted by atomic mass is 10.1. The van der Waals surface area contributed by atoms with Crippen LogP contribution in [0.2, 0.25) is 5.02 Å². The normalized spacial score (nSPS) is 10.7.